The van der Waals surface area contributed by atoms with Crippen LogP contribution in [0.3, 0.4) is 0 Å². The first-order chi connectivity index (χ1) is 13.2. The highest BCUT2D eigenvalue weighted by molar-refractivity contribution is 5.94. The molecule has 1 aliphatic carbocycles. The number of aliphatic hydroxyl groups excluding tert-OH is 1. The fourth-order valence-corrected chi connectivity index (χ4v) is 3.96. The number of benzene rings is 1. The van der Waals surface area contributed by atoms with Gasteiger partial charge < -0.3 is 15.3 Å². The molecule has 3 rings (SSSR count). The second-order valence-corrected chi connectivity index (χ2v) is 7.61. The van der Waals surface area contributed by atoms with Crippen LogP contribution < -0.4 is 5.32 Å². The van der Waals surface area contributed by atoms with Gasteiger partial charge in [0.05, 0.1) is 6.61 Å². The van der Waals surface area contributed by atoms with E-state index in [1.54, 1.807) is 0 Å². The lowest BCUT2D eigenvalue weighted by molar-refractivity contribution is -0.126. The fraction of sp³-hybridized carbons (Fsp3) is 0.619. The van der Waals surface area contributed by atoms with Gasteiger partial charge in [0, 0.05) is 50.7 Å². The molecule has 2 fully saturated rings. The predicted molar refractivity (Wildman–Crippen MR) is 104 cm³/mol. The van der Waals surface area contributed by atoms with Crippen molar-refractivity contribution in [2.45, 2.75) is 38.6 Å². The Labute approximate surface area is 161 Å². The normalized spacial score (nSPS) is 19.1. The van der Waals surface area contributed by atoms with E-state index in [9.17, 15) is 9.59 Å². The lowest BCUT2D eigenvalue weighted by Gasteiger charge is -2.34. The first-order valence-electron chi connectivity index (χ1n) is 10.2. The molecular formula is C21H31N3O3. The Hall–Kier alpha value is -1.92. The Balaban J connectivity index is 1.46. The molecule has 0 radical (unpaired) electrons. The van der Waals surface area contributed by atoms with Crippen molar-refractivity contribution in [2.75, 3.05) is 39.3 Å². The molecule has 2 N–H and O–H groups in total. The zero-order chi connectivity index (χ0) is 19.1. The Kier molecular flexibility index (Phi) is 7.24. The molecule has 1 aliphatic heterocycles. The second-order valence-electron chi connectivity index (χ2n) is 7.61. The maximum Gasteiger partial charge on any atom is 0.253 e. The molecule has 6 heteroatoms. The van der Waals surface area contributed by atoms with Gasteiger partial charge >= 0.3 is 0 Å². The van der Waals surface area contributed by atoms with Crippen molar-refractivity contribution in [3.8, 4) is 0 Å². The van der Waals surface area contributed by atoms with Gasteiger partial charge in [-0.1, -0.05) is 31.4 Å². The van der Waals surface area contributed by atoms with Crippen LogP contribution in [0.1, 0.15) is 48.0 Å². The Morgan fingerprint density at radius 2 is 1.67 bits per heavy atom. The standard InChI is InChI=1S/C21H31N3O3/c25-15-14-23-10-12-24(13-11-23)21(27)19-8-6-17(7-9-19)16-22-20(26)18-4-2-1-3-5-18/h6-9,18,25H,1-5,10-16H2,(H,22,26). The number of aliphatic hydroxyl groups is 1. The van der Waals surface area contributed by atoms with E-state index in [2.05, 4.69) is 10.2 Å². The van der Waals surface area contributed by atoms with Crippen LogP contribution in [0.15, 0.2) is 24.3 Å². The van der Waals surface area contributed by atoms with Crippen molar-refractivity contribution in [3.05, 3.63) is 35.4 Å². The van der Waals surface area contributed by atoms with Crippen molar-refractivity contribution in [2.24, 2.45) is 5.92 Å². The Morgan fingerprint density at radius 1 is 1.00 bits per heavy atom. The summed E-state index contributed by atoms with van der Waals surface area (Å²) in [7, 11) is 0. The molecule has 2 aliphatic rings. The first-order valence-corrected chi connectivity index (χ1v) is 10.2. The van der Waals surface area contributed by atoms with Gasteiger partial charge in [0.25, 0.3) is 5.91 Å². The van der Waals surface area contributed by atoms with Crippen molar-refractivity contribution in [3.63, 3.8) is 0 Å². The van der Waals surface area contributed by atoms with Crippen LogP contribution in [0.4, 0.5) is 0 Å². The van der Waals surface area contributed by atoms with E-state index in [1.165, 1.54) is 6.42 Å². The van der Waals surface area contributed by atoms with Gasteiger partial charge in [-0.15, -0.1) is 0 Å². The summed E-state index contributed by atoms with van der Waals surface area (Å²) in [5.74, 6) is 0.385. The van der Waals surface area contributed by atoms with Gasteiger partial charge in [0.1, 0.15) is 0 Å². The second kappa shape index (κ2) is 9.85. The number of rotatable bonds is 6. The highest BCUT2D eigenvalue weighted by Gasteiger charge is 2.22. The molecule has 2 amide bonds. The molecule has 6 nitrogen and oxygen atoms in total. The number of amides is 2. The van der Waals surface area contributed by atoms with E-state index in [1.807, 2.05) is 29.2 Å². The van der Waals surface area contributed by atoms with Gasteiger partial charge in [-0.3, -0.25) is 14.5 Å². The number of carbonyl (C=O) groups excluding carboxylic acids is 2. The van der Waals surface area contributed by atoms with Crippen LogP contribution in [-0.2, 0) is 11.3 Å². The molecule has 1 saturated carbocycles. The smallest absolute Gasteiger partial charge is 0.253 e. The minimum atomic E-state index is 0.0523. The predicted octanol–water partition coefficient (Wildman–Crippen LogP) is 1.63. The third-order valence-corrected chi connectivity index (χ3v) is 5.72. The molecule has 0 aromatic heterocycles. The summed E-state index contributed by atoms with van der Waals surface area (Å²) in [6.07, 6.45) is 5.57. The van der Waals surface area contributed by atoms with Crippen LogP contribution >= 0.6 is 0 Å². The quantitative estimate of drug-likeness (QED) is 0.795. The molecule has 1 aromatic carbocycles. The molecule has 27 heavy (non-hydrogen) atoms. The number of carbonyl (C=O) groups is 2. The van der Waals surface area contributed by atoms with E-state index in [-0.39, 0.29) is 24.3 Å². The van der Waals surface area contributed by atoms with Gasteiger partial charge in [-0.2, -0.15) is 0 Å². The van der Waals surface area contributed by atoms with E-state index >= 15 is 0 Å². The monoisotopic (exact) mass is 373 g/mol. The van der Waals surface area contributed by atoms with Gasteiger partial charge in [-0.25, -0.2) is 0 Å². The Morgan fingerprint density at radius 3 is 2.30 bits per heavy atom. The van der Waals surface area contributed by atoms with Crippen LogP contribution in [0, 0.1) is 5.92 Å². The summed E-state index contributed by atoms with van der Waals surface area (Å²) < 4.78 is 0. The fourth-order valence-electron chi connectivity index (χ4n) is 3.96. The third-order valence-electron chi connectivity index (χ3n) is 5.72. The van der Waals surface area contributed by atoms with E-state index in [4.69, 9.17) is 5.11 Å². The highest BCUT2D eigenvalue weighted by atomic mass is 16.3. The van der Waals surface area contributed by atoms with Gasteiger partial charge in [0.15, 0.2) is 0 Å². The van der Waals surface area contributed by atoms with Crippen molar-refractivity contribution in [1.82, 2.24) is 15.1 Å². The molecular weight excluding hydrogens is 342 g/mol. The number of hydrogen-bond acceptors (Lipinski definition) is 4. The third kappa shape index (κ3) is 5.53. The Bertz CT molecular complexity index is 618. The molecule has 0 bridgehead atoms. The minimum Gasteiger partial charge on any atom is -0.395 e. The topological polar surface area (TPSA) is 72.9 Å². The summed E-state index contributed by atoms with van der Waals surface area (Å²) in [6, 6.07) is 7.56. The number of β-amino-alcohol motifs (C(OH)–C–C–N with tert-alkyl or cyclic N) is 1. The highest BCUT2D eigenvalue weighted by Crippen LogP contribution is 2.23. The average Bonchev–Trinajstić information content (AvgIpc) is 2.73. The molecule has 1 saturated heterocycles. The number of nitrogens with zero attached hydrogens (tertiary/aromatic N) is 2. The van der Waals surface area contributed by atoms with Gasteiger partial charge in [-0.05, 0) is 30.5 Å². The summed E-state index contributed by atoms with van der Waals surface area (Å²) >= 11 is 0. The summed E-state index contributed by atoms with van der Waals surface area (Å²) in [6.45, 7) is 4.34. The van der Waals surface area contributed by atoms with Crippen molar-refractivity contribution in [1.29, 1.82) is 0 Å². The van der Waals surface area contributed by atoms with Crippen molar-refractivity contribution < 1.29 is 14.7 Å². The molecule has 148 valence electrons. The molecule has 0 spiro atoms. The van der Waals surface area contributed by atoms with E-state index < -0.39 is 0 Å². The van der Waals surface area contributed by atoms with E-state index in [0.29, 0.717) is 31.7 Å². The van der Waals surface area contributed by atoms with Crippen LogP contribution in [0.25, 0.3) is 0 Å². The lowest BCUT2D eigenvalue weighted by Crippen LogP contribution is -2.49. The van der Waals surface area contributed by atoms with Crippen LogP contribution in [0.2, 0.25) is 0 Å². The summed E-state index contributed by atoms with van der Waals surface area (Å²) in [5.41, 5.74) is 1.71. The summed E-state index contributed by atoms with van der Waals surface area (Å²) in [4.78, 5) is 28.9. The van der Waals surface area contributed by atoms with Crippen molar-refractivity contribution >= 4 is 11.8 Å². The first kappa shape index (κ1) is 19.8. The zero-order valence-corrected chi connectivity index (χ0v) is 16.0. The van der Waals surface area contributed by atoms with Crippen LogP contribution in [-0.4, -0.2) is 66.1 Å². The molecule has 1 heterocycles. The largest absolute Gasteiger partial charge is 0.395 e. The maximum atomic E-state index is 12.6. The number of piperazine rings is 1. The average molecular weight is 373 g/mol. The number of hydrogen-bond donors (Lipinski definition) is 2. The lowest BCUT2D eigenvalue weighted by atomic mass is 9.88. The molecule has 0 unspecified atom stereocenters. The number of nitrogens with one attached hydrogen (secondary N) is 1. The molecule has 0 atom stereocenters. The maximum absolute atomic E-state index is 12.6. The molecule has 1 aromatic rings. The minimum absolute atomic E-state index is 0.0523. The van der Waals surface area contributed by atoms with Gasteiger partial charge in [0.2, 0.25) is 5.91 Å². The van der Waals surface area contributed by atoms with Crippen LogP contribution in [0.5, 0.6) is 0 Å². The zero-order valence-electron chi connectivity index (χ0n) is 16.0. The summed E-state index contributed by atoms with van der Waals surface area (Å²) in [5, 5.41) is 12.0. The SMILES string of the molecule is O=C(NCc1ccc(C(=O)N2CCN(CCO)CC2)cc1)C1CCCCC1. The van der Waals surface area contributed by atoms with E-state index in [0.717, 1.165) is 44.3 Å².